The molecule has 0 atom stereocenters. The molecule has 0 spiro atoms. The number of nitrogens with zero attached hydrogens (tertiary/aromatic N) is 2. The molecule has 1 fully saturated rings. The van der Waals surface area contributed by atoms with Crippen LogP contribution in [0.1, 0.15) is 28.8 Å². The first kappa shape index (κ1) is 26.5. The molecule has 1 amide bonds. The number of likely N-dealkylation sites (N-methyl/N-ethyl adjacent to an activating group) is 1. The molecule has 174 valence electrons. The fraction of sp³-hybridized carbons (Fsp3) is 0.417. The zero-order valence-corrected chi connectivity index (χ0v) is 22.2. The molecular weight excluding hydrogens is 533 g/mol. The van der Waals surface area contributed by atoms with Gasteiger partial charge in [0, 0.05) is 48.4 Å². The summed E-state index contributed by atoms with van der Waals surface area (Å²) in [5.41, 5.74) is 1.72. The fourth-order valence-corrected chi connectivity index (χ4v) is 4.41. The number of benzene rings is 2. The van der Waals surface area contributed by atoms with Crippen molar-refractivity contribution in [3.63, 3.8) is 0 Å². The van der Waals surface area contributed by atoms with Crippen molar-refractivity contribution >= 4 is 47.6 Å². The van der Waals surface area contributed by atoms with Crippen LogP contribution in [0.15, 0.2) is 64.5 Å². The van der Waals surface area contributed by atoms with E-state index in [1.807, 2.05) is 55.0 Å². The minimum Gasteiger partial charge on any atom is -0.355 e. The average molecular weight is 568 g/mol. The van der Waals surface area contributed by atoms with Gasteiger partial charge < -0.3 is 20.9 Å². The van der Waals surface area contributed by atoms with Crippen LogP contribution < -0.4 is 16.0 Å². The molecule has 3 N–H and O–H groups in total. The number of halogens is 1. The zero-order chi connectivity index (χ0) is 22.1. The van der Waals surface area contributed by atoms with Crippen molar-refractivity contribution in [2.45, 2.75) is 29.0 Å². The van der Waals surface area contributed by atoms with E-state index in [1.165, 1.54) is 17.7 Å². The van der Waals surface area contributed by atoms with Crippen LogP contribution in [-0.4, -0.2) is 62.3 Å². The standard InChI is InChI=1S/C24H33N5OS.HI/c1-25-23(28-18-24(12-13-24)31-21-10-5-4-6-11-21)27-17-19-8-7-9-20(16-19)22(30)26-14-15-29(2)3;/h4-11,16H,12-15,17-18H2,1-3H3,(H,26,30)(H2,25,27,28);1H. The van der Waals surface area contributed by atoms with Gasteiger partial charge in [0.1, 0.15) is 0 Å². The van der Waals surface area contributed by atoms with Crippen molar-refractivity contribution in [3.8, 4) is 0 Å². The Labute approximate surface area is 213 Å². The minimum atomic E-state index is -0.0418. The van der Waals surface area contributed by atoms with Crippen LogP contribution in [-0.2, 0) is 6.54 Å². The van der Waals surface area contributed by atoms with E-state index < -0.39 is 0 Å². The molecule has 0 bridgehead atoms. The van der Waals surface area contributed by atoms with Crippen LogP contribution in [0.2, 0.25) is 0 Å². The molecule has 1 saturated carbocycles. The summed E-state index contributed by atoms with van der Waals surface area (Å²) in [5, 5.41) is 9.80. The zero-order valence-electron chi connectivity index (χ0n) is 19.1. The van der Waals surface area contributed by atoms with Gasteiger partial charge in [-0.3, -0.25) is 9.79 Å². The van der Waals surface area contributed by atoms with Crippen molar-refractivity contribution in [1.29, 1.82) is 0 Å². The quantitative estimate of drug-likeness (QED) is 0.233. The minimum absolute atomic E-state index is 0. The Morgan fingerprint density at radius 2 is 1.81 bits per heavy atom. The number of thioether (sulfide) groups is 1. The van der Waals surface area contributed by atoms with Gasteiger partial charge in [-0.05, 0) is 56.8 Å². The Balaban J connectivity index is 0.00000363. The van der Waals surface area contributed by atoms with Crippen LogP contribution in [0, 0.1) is 0 Å². The van der Waals surface area contributed by atoms with Gasteiger partial charge in [0.05, 0.1) is 0 Å². The third-order valence-electron chi connectivity index (χ3n) is 5.18. The van der Waals surface area contributed by atoms with Crippen LogP contribution in [0.5, 0.6) is 0 Å². The van der Waals surface area contributed by atoms with E-state index in [0.29, 0.717) is 18.7 Å². The highest BCUT2D eigenvalue weighted by atomic mass is 127. The Kier molecular flexibility index (Phi) is 10.8. The monoisotopic (exact) mass is 567 g/mol. The van der Waals surface area contributed by atoms with E-state index in [9.17, 15) is 4.79 Å². The Bertz CT molecular complexity index is 887. The predicted molar refractivity (Wildman–Crippen MR) is 145 cm³/mol. The summed E-state index contributed by atoms with van der Waals surface area (Å²) in [7, 11) is 5.77. The number of rotatable bonds is 10. The maximum atomic E-state index is 12.4. The number of carbonyl (C=O) groups is 1. The summed E-state index contributed by atoms with van der Waals surface area (Å²) in [4.78, 5) is 20.1. The smallest absolute Gasteiger partial charge is 0.251 e. The second kappa shape index (κ2) is 13.1. The SMILES string of the molecule is CN=C(NCc1cccc(C(=O)NCCN(C)C)c1)NCC1(Sc2ccccc2)CC1.I. The van der Waals surface area contributed by atoms with Crippen molar-refractivity contribution in [1.82, 2.24) is 20.9 Å². The molecule has 0 aromatic heterocycles. The van der Waals surface area contributed by atoms with E-state index in [1.54, 1.807) is 7.05 Å². The first-order valence-corrected chi connectivity index (χ1v) is 11.5. The Morgan fingerprint density at radius 3 is 2.47 bits per heavy atom. The Morgan fingerprint density at radius 1 is 1.06 bits per heavy atom. The number of hydrogen-bond donors (Lipinski definition) is 3. The third kappa shape index (κ3) is 8.63. The molecule has 0 saturated heterocycles. The first-order chi connectivity index (χ1) is 15.0. The highest BCUT2D eigenvalue weighted by molar-refractivity contribution is 14.0. The van der Waals surface area contributed by atoms with Crippen molar-refractivity contribution < 1.29 is 4.79 Å². The van der Waals surface area contributed by atoms with Gasteiger partial charge in [-0.15, -0.1) is 35.7 Å². The van der Waals surface area contributed by atoms with Crippen LogP contribution in [0.25, 0.3) is 0 Å². The summed E-state index contributed by atoms with van der Waals surface area (Å²) in [6, 6.07) is 18.3. The lowest BCUT2D eigenvalue weighted by Crippen LogP contribution is -2.40. The lowest BCUT2D eigenvalue weighted by Gasteiger charge is -2.18. The van der Waals surface area contributed by atoms with Crippen molar-refractivity contribution in [2.75, 3.05) is 40.8 Å². The van der Waals surface area contributed by atoms with E-state index in [2.05, 4.69) is 51.3 Å². The van der Waals surface area contributed by atoms with Crippen LogP contribution in [0.3, 0.4) is 0 Å². The van der Waals surface area contributed by atoms with Gasteiger partial charge in [0.2, 0.25) is 0 Å². The fourth-order valence-electron chi connectivity index (χ4n) is 3.16. The molecule has 1 aliphatic rings. The van der Waals surface area contributed by atoms with Crippen LogP contribution >= 0.6 is 35.7 Å². The molecular formula is C24H34IN5OS. The summed E-state index contributed by atoms with van der Waals surface area (Å²) in [5.74, 6) is 0.737. The number of carbonyl (C=O) groups excluding carboxylic acids is 1. The maximum absolute atomic E-state index is 12.4. The number of aliphatic imine (C=N–C) groups is 1. The highest BCUT2D eigenvalue weighted by Crippen LogP contribution is 2.51. The predicted octanol–water partition coefficient (Wildman–Crippen LogP) is 3.59. The topological polar surface area (TPSA) is 68.8 Å². The summed E-state index contributed by atoms with van der Waals surface area (Å²) in [6.45, 7) is 2.94. The molecule has 32 heavy (non-hydrogen) atoms. The normalized spacial score (nSPS) is 14.4. The van der Waals surface area contributed by atoms with Gasteiger partial charge in [-0.1, -0.05) is 30.3 Å². The number of amides is 1. The van der Waals surface area contributed by atoms with Crippen LogP contribution in [0.4, 0.5) is 0 Å². The number of nitrogens with one attached hydrogen (secondary N) is 3. The van der Waals surface area contributed by atoms with Gasteiger partial charge in [0.15, 0.2) is 5.96 Å². The van der Waals surface area contributed by atoms with E-state index in [4.69, 9.17) is 0 Å². The maximum Gasteiger partial charge on any atom is 0.251 e. The average Bonchev–Trinajstić information content (AvgIpc) is 3.54. The van der Waals surface area contributed by atoms with Gasteiger partial charge in [0.25, 0.3) is 5.91 Å². The number of guanidine groups is 1. The molecule has 2 aromatic carbocycles. The second-order valence-electron chi connectivity index (χ2n) is 8.14. The number of hydrogen-bond acceptors (Lipinski definition) is 4. The molecule has 6 nitrogen and oxygen atoms in total. The lowest BCUT2D eigenvalue weighted by molar-refractivity contribution is 0.0951. The molecule has 0 unspecified atom stereocenters. The molecule has 2 aromatic rings. The molecule has 3 rings (SSSR count). The van der Waals surface area contributed by atoms with E-state index >= 15 is 0 Å². The molecule has 1 aliphatic carbocycles. The molecule has 0 radical (unpaired) electrons. The lowest BCUT2D eigenvalue weighted by atomic mass is 10.1. The Hall–Kier alpha value is -1.78. The largest absolute Gasteiger partial charge is 0.355 e. The summed E-state index contributed by atoms with van der Waals surface area (Å²) < 4.78 is 0.254. The van der Waals surface area contributed by atoms with E-state index in [0.717, 1.165) is 24.6 Å². The molecule has 0 aliphatic heterocycles. The molecule has 8 heteroatoms. The third-order valence-corrected chi connectivity index (χ3v) is 6.67. The van der Waals surface area contributed by atoms with Gasteiger partial charge in [-0.25, -0.2) is 0 Å². The highest BCUT2D eigenvalue weighted by Gasteiger charge is 2.43. The summed E-state index contributed by atoms with van der Waals surface area (Å²) >= 11 is 1.94. The van der Waals surface area contributed by atoms with Crippen molar-refractivity contribution in [3.05, 3.63) is 65.7 Å². The van der Waals surface area contributed by atoms with Crippen molar-refractivity contribution in [2.24, 2.45) is 4.99 Å². The first-order valence-electron chi connectivity index (χ1n) is 10.7. The molecule has 0 heterocycles. The van der Waals surface area contributed by atoms with Gasteiger partial charge >= 0.3 is 0 Å². The van der Waals surface area contributed by atoms with Gasteiger partial charge in [-0.2, -0.15) is 0 Å². The summed E-state index contributed by atoms with van der Waals surface area (Å²) in [6.07, 6.45) is 2.42. The van der Waals surface area contributed by atoms with E-state index in [-0.39, 0.29) is 34.6 Å². The second-order valence-corrected chi connectivity index (χ2v) is 9.68.